The quantitative estimate of drug-likeness (QED) is 0.861. The van der Waals surface area contributed by atoms with Gasteiger partial charge in [0.1, 0.15) is 11.6 Å². The van der Waals surface area contributed by atoms with E-state index in [4.69, 9.17) is 4.74 Å². The van der Waals surface area contributed by atoms with Gasteiger partial charge in [-0.05, 0) is 61.4 Å². The Labute approximate surface area is 157 Å². The van der Waals surface area contributed by atoms with Crippen molar-refractivity contribution in [1.29, 1.82) is 0 Å². The van der Waals surface area contributed by atoms with E-state index >= 15 is 0 Å². The molecule has 0 aromatic heterocycles. The van der Waals surface area contributed by atoms with Crippen molar-refractivity contribution in [3.05, 3.63) is 54.3 Å². The minimum atomic E-state index is -0.360. The summed E-state index contributed by atoms with van der Waals surface area (Å²) in [5.74, 6) is -0.0326. The van der Waals surface area contributed by atoms with E-state index in [0.717, 1.165) is 12.8 Å². The number of rotatable bonds is 4. The number of carbonyl (C=O) groups is 2. The van der Waals surface area contributed by atoms with Crippen LogP contribution in [0.3, 0.4) is 0 Å². The van der Waals surface area contributed by atoms with E-state index in [2.05, 4.69) is 10.6 Å². The van der Waals surface area contributed by atoms with Crippen molar-refractivity contribution < 1.29 is 18.7 Å². The molecule has 1 saturated heterocycles. The molecule has 0 saturated carbocycles. The van der Waals surface area contributed by atoms with E-state index in [1.807, 2.05) is 0 Å². The largest absolute Gasteiger partial charge is 0.497 e. The van der Waals surface area contributed by atoms with Crippen LogP contribution in [-0.4, -0.2) is 37.0 Å². The van der Waals surface area contributed by atoms with Gasteiger partial charge >= 0.3 is 6.03 Å². The molecule has 0 spiro atoms. The SMILES string of the molecule is COc1ccc(NC(=O)[C@@H]2CCCN(C(=O)Nc3ccc(F)cc3)C2)cc1. The van der Waals surface area contributed by atoms with Crippen molar-refractivity contribution in [1.82, 2.24) is 4.90 Å². The van der Waals surface area contributed by atoms with Gasteiger partial charge in [0.2, 0.25) is 5.91 Å². The fourth-order valence-electron chi connectivity index (χ4n) is 3.03. The monoisotopic (exact) mass is 371 g/mol. The number of nitrogens with one attached hydrogen (secondary N) is 2. The van der Waals surface area contributed by atoms with E-state index in [9.17, 15) is 14.0 Å². The maximum absolute atomic E-state index is 13.0. The highest BCUT2D eigenvalue weighted by atomic mass is 19.1. The number of carbonyl (C=O) groups excluding carboxylic acids is 2. The van der Waals surface area contributed by atoms with Gasteiger partial charge in [0.05, 0.1) is 13.0 Å². The van der Waals surface area contributed by atoms with Gasteiger partial charge in [-0.25, -0.2) is 9.18 Å². The van der Waals surface area contributed by atoms with Crippen LogP contribution in [0.15, 0.2) is 48.5 Å². The van der Waals surface area contributed by atoms with Crippen LogP contribution in [0.5, 0.6) is 5.75 Å². The molecule has 1 aliphatic heterocycles. The third kappa shape index (κ3) is 4.97. The second-order valence-corrected chi connectivity index (χ2v) is 6.44. The van der Waals surface area contributed by atoms with E-state index in [1.54, 1.807) is 36.3 Å². The Bertz CT molecular complexity index is 793. The molecule has 2 N–H and O–H groups in total. The molecule has 3 amide bonds. The zero-order valence-electron chi connectivity index (χ0n) is 15.1. The average Bonchev–Trinajstić information content (AvgIpc) is 2.70. The summed E-state index contributed by atoms with van der Waals surface area (Å²) in [6.07, 6.45) is 1.47. The van der Waals surface area contributed by atoms with Crippen molar-refractivity contribution in [2.24, 2.45) is 5.92 Å². The first-order valence-corrected chi connectivity index (χ1v) is 8.81. The maximum atomic E-state index is 13.0. The molecule has 6 nitrogen and oxygen atoms in total. The van der Waals surface area contributed by atoms with E-state index in [1.165, 1.54) is 24.3 Å². The van der Waals surface area contributed by atoms with Gasteiger partial charge in [-0.3, -0.25) is 4.79 Å². The molecule has 2 aromatic rings. The number of hydrogen-bond acceptors (Lipinski definition) is 3. The highest BCUT2D eigenvalue weighted by Crippen LogP contribution is 2.21. The molecule has 142 valence electrons. The molecular formula is C20H22FN3O3. The van der Waals surface area contributed by atoms with Gasteiger partial charge in [-0.15, -0.1) is 0 Å². The fourth-order valence-corrected chi connectivity index (χ4v) is 3.03. The number of hydrogen-bond donors (Lipinski definition) is 2. The molecule has 1 heterocycles. The molecule has 1 aliphatic rings. The van der Waals surface area contributed by atoms with E-state index < -0.39 is 0 Å². The van der Waals surface area contributed by atoms with Gasteiger partial charge in [0, 0.05) is 24.5 Å². The molecule has 3 rings (SSSR count). The number of methoxy groups -OCH3 is 1. The molecule has 0 bridgehead atoms. The number of ether oxygens (including phenoxy) is 1. The number of urea groups is 1. The fraction of sp³-hybridized carbons (Fsp3) is 0.300. The Balaban J connectivity index is 1.56. The van der Waals surface area contributed by atoms with E-state index in [-0.39, 0.29) is 23.7 Å². The predicted molar refractivity (Wildman–Crippen MR) is 101 cm³/mol. The number of halogens is 1. The predicted octanol–water partition coefficient (Wildman–Crippen LogP) is 3.72. The van der Waals surface area contributed by atoms with E-state index in [0.29, 0.717) is 30.2 Å². The van der Waals surface area contributed by atoms with Gasteiger partial charge in [-0.2, -0.15) is 0 Å². The van der Waals surface area contributed by atoms with Crippen LogP contribution in [0.25, 0.3) is 0 Å². The number of benzene rings is 2. The summed E-state index contributed by atoms with van der Waals surface area (Å²) in [6.45, 7) is 0.925. The summed E-state index contributed by atoms with van der Waals surface area (Å²) >= 11 is 0. The number of nitrogens with zero attached hydrogens (tertiary/aromatic N) is 1. The van der Waals surface area contributed by atoms with Crippen LogP contribution in [-0.2, 0) is 4.79 Å². The molecule has 0 aliphatic carbocycles. The Morgan fingerprint density at radius 2 is 1.67 bits per heavy atom. The summed E-state index contributed by atoms with van der Waals surface area (Å²) in [5, 5.41) is 5.62. The van der Waals surface area contributed by atoms with Crippen molar-refractivity contribution in [3.63, 3.8) is 0 Å². The van der Waals surface area contributed by atoms with Crippen molar-refractivity contribution >= 4 is 23.3 Å². The molecule has 27 heavy (non-hydrogen) atoms. The molecule has 7 heteroatoms. The Kier molecular flexibility index (Phi) is 5.90. The summed E-state index contributed by atoms with van der Waals surface area (Å²) in [4.78, 5) is 26.6. The number of amides is 3. The first kappa shape index (κ1) is 18.7. The van der Waals surface area contributed by atoms with Crippen LogP contribution in [0.1, 0.15) is 12.8 Å². The van der Waals surface area contributed by atoms with Crippen LogP contribution >= 0.6 is 0 Å². The number of anilines is 2. The molecule has 1 atom stereocenters. The maximum Gasteiger partial charge on any atom is 0.321 e. The van der Waals surface area contributed by atoms with Gasteiger partial charge in [0.15, 0.2) is 0 Å². The van der Waals surface area contributed by atoms with Gasteiger partial charge < -0.3 is 20.3 Å². The third-order valence-electron chi connectivity index (χ3n) is 4.53. The minimum absolute atomic E-state index is 0.112. The summed E-state index contributed by atoms with van der Waals surface area (Å²) in [7, 11) is 1.58. The topological polar surface area (TPSA) is 70.7 Å². The number of piperidine rings is 1. The zero-order chi connectivity index (χ0) is 19.2. The van der Waals surface area contributed by atoms with Crippen molar-refractivity contribution in [2.45, 2.75) is 12.8 Å². The Morgan fingerprint density at radius 1 is 1.04 bits per heavy atom. The molecular weight excluding hydrogens is 349 g/mol. The Hall–Kier alpha value is -3.09. The summed E-state index contributed by atoms with van der Waals surface area (Å²) in [6, 6.07) is 12.4. The van der Waals surface area contributed by atoms with Crippen LogP contribution in [0.2, 0.25) is 0 Å². The van der Waals surface area contributed by atoms with Crippen molar-refractivity contribution in [2.75, 3.05) is 30.8 Å². The molecule has 1 fully saturated rings. The van der Waals surface area contributed by atoms with Crippen LogP contribution in [0, 0.1) is 11.7 Å². The van der Waals surface area contributed by atoms with Gasteiger partial charge in [-0.1, -0.05) is 0 Å². The summed E-state index contributed by atoms with van der Waals surface area (Å²) < 4.78 is 18.1. The van der Waals surface area contributed by atoms with Crippen LogP contribution in [0.4, 0.5) is 20.6 Å². The summed E-state index contributed by atoms with van der Waals surface area (Å²) in [5.41, 5.74) is 1.21. The minimum Gasteiger partial charge on any atom is -0.497 e. The Morgan fingerprint density at radius 3 is 2.33 bits per heavy atom. The zero-order valence-corrected chi connectivity index (χ0v) is 15.1. The lowest BCUT2D eigenvalue weighted by Gasteiger charge is -2.32. The normalized spacial score (nSPS) is 16.5. The van der Waals surface area contributed by atoms with Gasteiger partial charge in [0.25, 0.3) is 0 Å². The smallest absolute Gasteiger partial charge is 0.321 e. The lowest BCUT2D eigenvalue weighted by molar-refractivity contribution is -0.121. The average molecular weight is 371 g/mol. The van der Waals surface area contributed by atoms with Crippen molar-refractivity contribution in [3.8, 4) is 5.75 Å². The second kappa shape index (κ2) is 8.53. The van der Waals surface area contributed by atoms with Crippen LogP contribution < -0.4 is 15.4 Å². The second-order valence-electron chi connectivity index (χ2n) is 6.44. The highest BCUT2D eigenvalue weighted by molar-refractivity contribution is 5.94. The lowest BCUT2D eigenvalue weighted by Crippen LogP contribution is -2.45. The standard InChI is InChI=1S/C20H22FN3O3/c1-27-18-10-8-16(9-11-18)22-19(25)14-3-2-12-24(13-14)20(26)23-17-6-4-15(21)5-7-17/h4-11,14H,2-3,12-13H2,1H3,(H,22,25)(H,23,26)/t14-/m1/s1. The highest BCUT2D eigenvalue weighted by Gasteiger charge is 2.28. The first-order chi connectivity index (χ1) is 13.0. The molecule has 0 radical (unpaired) electrons. The first-order valence-electron chi connectivity index (χ1n) is 8.81. The third-order valence-corrected chi connectivity index (χ3v) is 4.53. The molecule has 0 unspecified atom stereocenters. The lowest BCUT2D eigenvalue weighted by atomic mass is 9.97. The number of likely N-dealkylation sites (tertiary alicyclic amines) is 1. The molecule has 2 aromatic carbocycles.